The molecule has 5 heteroatoms. The SMILES string of the molecule is C[Si]C[SiH](C)C[Si](C)(C)O[Si](C)(C)C. The van der Waals surface area contributed by atoms with Gasteiger partial charge in [-0.05, 0) is 38.4 Å². The lowest BCUT2D eigenvalue weighted by Gasteiger charge is -2.33. The molecule has 84 valence electrons. The van der Waals surface area contributed by atoms with Crippen molar-refractivity contribution in [2.45, 2.75) is 57.2 Å². The van der Waals surface area contributed by atoms with Crippen LogP contribution >= 0.6 is 0 Å². The highest BCUT2D eigenvalue weighted by Gasteiger charge is 2.30. The van der Waals surface area contributed by atoms with Crippen LogP contribution in [0.15, 0.2) is 0 Å². The zero-order chi connectivity index (χ0) is 11.4. The van der Waals surface area contributed by atoms with Crippen LogP contribution < -0.4 is 0 Å². The Morgan fingerprint density at radius 3 is 2.00 bits per heavy atom. The van der Waals surface area contributed by atoms with Crippen LogP contribution in [-0.4, -0.2) is 35.0 Å². The van der Waals surface area contributed by atoms with Crippen molar-refractivity contribution in [2.24, 2.45) is 0 Å². The molecule has 0 bridgehead atoms. The first-order chi connectivity index (χ1) is 6.16. The zero-order valence-corrected chi connectivity index (χ0v) is 15.1. The van der Waals surface area contributed by atoms with Crippen molar-refractivity contribution in [3.8, 4) is 0 Å². The summed E-state index contributed by atoms with van der Waals surface area (Å²) in [5.41, 5.74) is 2.99. The zero-order valence-electron chi connectivity index (χ0n) is 10.9. The summed E-state index contributed by atoms with van der Waals surface area (Å²) in [6.07, 6.45) is 0. The van der Waals surface area contributed by atoms with Gasteiger partial charge >= 0.3 is 0 Å². The average Bonchev–Trinajstić information content (AvgIpc) is 1.78. The third-order valence-electron chi connectivity index (χ3n) is 1.98. The van der Waals surface area contributed by atoms with E-state index in [1.807, 2.05) is 0 Å². The minimum atomic E-state index is -1.31. The van der Waals surface area contributed by atoms with Gasteiger partial charge in [-0.2, -0.15) is 0 Å². The Labute approximate surface area is 96.3 Å². The second kappa shape index (κ2) is 5.79. The van der Waals surface area contributed by atoms with Gasteiger partial charge in [0.05, 0.1) is 0 Å². The Hall–Kier alpha value is 0.828. The molecule has 0 rings (SSSR count). The van der Waals surface area contributed by atoms with Crippen molar-refractivity contribution in [1.82, 2.24) is 0 Å². The van der Waals surface area contributed by atoms with E-state index in [0.717, 1.165) is 9.52 Å². The Kier molecular flexibility index (Phi) is 6.13. The molecule has 0 spiro atoms. The topological polar surface area (TPSA) is 9.23 Å². The van der Waals surface area contributed by atoms with E-state index in [9.17, 15) is 0 Å². The maximum Gasteiger partial charge on any atom is 0.170 e. The van der Waals surface area contributed by atoms with Crippen molar-refractivity contribution in [2.75, 3.05) is 0 Å². The molecule has 1 unspecified atom stereocenters. The van der Waals surface area contributed by atoms with Crippen LogP contribution in [0.4, 0.5) is 0 Å². The summed E-state index contributed by atoms with van der Waals surface area (Å²) in [4.78, 5) is 0. The molecule has 0 aliphatic heterocycles. The van der Waals surface area contributed by atoms with Crippen LogP contribution in [-0.2, 0) is 4.12 Å². The fraction of sp³-hybridized carbons (Fsp3) is 1.00. The molecule has 0 heterocycles. The first kappa shape index (κ1) is 14.8. The molecule has 0 aromatic heterocycles. The predicted octanol–water partition coefficient (Wildman–Crippen LogP) is 3.15. The number of hydrogen-bond donors (Lipinski definition) is 0. The minimum Gasteiger partial charge on any atom is -0.456 e. The molecule has 0 saturated heterocycles. The molecule has 0 aromatic rings. The highest BCUT2D eigenvalue weighted by Crippen LogP contribution is 2.20. The summed E-state index contributed by atoms with van der Waals surface area (Å²) in [6.45, 7) is 16.6. The normalized spacial score (nSPS) is 15.6. The van der Waals surface area contributed by atoms with E-state index in [-0.39, 0.29) is 0 Å². The fourth-order valence-corrected chi connectivity index (χ4v) is 21.2. The number of rotatable bonds is 6. The Morgan fingerprint density at radius 2 is 1.64 bits per heavy atom. The molecule has 0 amide bonds. The van der Waals surface area contributed by atoms with E-state index in [0.29, 0.717) is 0 Å². The summed E-state index contributed by atoms with van der Waals surface area (Å²) in [6, 6.07) is 0. The van der Waals surface area contributed by atoms with E-state index in [1.54, 1.807) is 0 Å². The van der Waals surface area contributed by atoms with Gasteiger partial charge in [0.1, 0.15) is 0 Å². The van der Waals surface area contributed by atoms with E-state index < -0.39 is 25.4 Å². The first-order valence-electron chi connectivity index (χ1n) is 5.51. The van der Waals surface area contributed by atoms with Crippen LogP contribution in [0.25, 0.3) is 0 Å². The molecule has 0 saturated carbocycles. The van der Waals surface area contributed by atoms with Crippen LogP contribution in [0.5, 0.6) is 0 Å². The van der Waals surface area contributed by atoms with Crippen molar-refractivity contribution < 1.29 is 4.12 Å². The van der Waals surface area contributed by atoms with E-state index in [1.165, 1.54) is 11.3 Å². The molecule has 0 N–H and O–H groups in total. The minimum absolute atomic E-state index is 0.445. The van der Waals surface area contributed by atoms with Gasteiger partial charge in [0, 0.05) is 18.3 Å². The second-order valence-corrected chi connectivity index (χ2v) is 20.6. The lowest BCUT2D eigenvalue weighted by Crippen LogP contribution is -2.44. The fourth-order valence-electron chi connectivity index (χ4n) is 2.13. The second-order valence-electron chi connectivity index (χ2n) is 5.84. The van der Waals surface area contributed by atoms with Crippen LogP contribution in [0.1, 0.15) is 0 Å². The molecular formula is C9H26OSi4. The summed E-state index contributed by atoms with van der Waals surface area (Å²) < 4.78 is 6.36. The Bertz CT molecular complexity index is 165. The third-order valence-corrected chi connectivity index (χ3v) is 17.8. The van der Waals surface area contributed by atoms with Crippen LogP contribution in [0.2, 0.25) is 57.2 Å². The lowest BCUT2D eigenvalue weighted by molar-refractivity contribution is 0.556. The van der Waals surface area contributed by atoms with Gasteiger partial charge in [0.15, 0.2) is 16.6 Å². The summed E-state index contributed by atoms with van der Waals surface area (Å²) >= 11 is 0. The predicted molar refractivity (Wildman–Crippen MR) is 76.2 cm³/mol. The van der Waals surface area contributed by atoms with Gasteiger partial charge in [-0.3, -0.25) is 0 Å². The third kappa shape index (κ3) is 8.16. The highest BCUT2D eigenvalue weighted by molar-refractivity contribution is 6.91. The van der Waals surface area contributed by atoms with E-state index >= 15 is 0 Å². The summed E-state index contributed by atoms with van der Waals surface area (Å²) in [5.74, 6) is 0. The van der Waals surface area contributed by atoms with E-state index in [4.69, 9.17) is 4.12 Å². The maximum absolute atomic E-state index is 6.36. The molecule has 0 fully saturated rings. The van der Waals surface area contributed by atoms with E-state index in [2.05, 4.69) is 45.8 Å². The molecular weight excluding hydrogens is 236 g/mol. The summed E-state index contributed by atoms with van der Waals surface area (Å²) in [7, 11) is -1.90. The van der Waals surface area contributed by atoms with Crippen molar-refractivity contribution in [1.29, 1.82) is 0 Å². The highest BCUT2D eigenvalue weighted by atomic mass is 28.4. The first-order valence-corrected chi connectivity index (χ1v) is 16.5. The van der Waals surface area contributed by atoms with Crippen LogP contribution in [0.3, 0.4) is 0 Å². The van der Waals surface area contributed by atoms with Crippen LogP contribution in [0, 0.1) is 0 Å². The van der Waals surface area contributed by atoms with Gasteiger partial charge in [0.25, 0.3) is 0 Å². The Balaban J connectivity index is 4.06. The average molecular weight is 263 g/mol. The van der Waals surface area contributed by atoms with Gasteiger partial charge in [-0.25, -0.2) is 0 Å². The monoisotopic (exact) mass is 262 g/mol. The quantitative estimate of drug-likeness (QED) is 0.668. The van der Waals surface area contributed by atoms with Crippen molar-refractivity contribution in [3.63, 3.8) is 0 Å². The standard InChI is InChI=1S/C9H26OSi4/c1-11-8-12(2)9-14(6,7)10-13(3,4)5/h12H,8-9H2,1-7H3. The summed E-state index contributed by atoms with van der Waals surface area (Å²) in [5, 5.41) is 0. The maximum atomic E-state index is 6.36. The molecule has 0 aliphatic rings. The smallest absolute Gasteiger partial charge is 0.170 e. The molecule has 1 atom stereocenters. The lowest BCUT2D eigenvalue weighted by atomic mass is 11.8. The molecule has 14 heavy (non-hydrogen) atoms. The van der Waals surface area contributed by atoms with Gasteiger partial charge < -0.3 is 4.12 Å². The molecule has 0 aromatic carbocycles. The molecule has 0 aliphatic carbocycles. The van der Waals surface area contributed by atoms with Crippen molar-refractivity contribution in [3.05, 3.63) is 0 Å². The van der Waals surface area contributed by atoms with Gasteiger partial charge in [-0.1, -0.05) is 18.8 Å². The number of hydrogen-bond acceptors (Lipinski definition) is 1. The Morgan fingerprint density at radius 1 is 1.14 bits per heavy atom. The van der Waals surface area contributed by atoms with Gasteiger partial charge in [-0.15, -0.1) is 0 Å². The van der Waals surface area contributed by atoms with Crippen molar-refractivity contribution >= 4 is 35.0 Å². The largest absolute Gasteiger partial charge is 0.456 e. The molecule has 1 nitrogen and oxygen atoms in total. The molecule has 2 radical (unpaired) electrons. The van der Waals surface area contributed by atoms with Gasteiger partial charge in [0.2, 0.25) is 0 Å².